The lowest BCUT2D eigenvalue weighted by atomic mass is 10.1. The predicted molar refractivity (Wildman–Crippen MR) is 75.5 cm³/mol. The van der Waals surface area contributed by atoms with Gasteiger partial charge in [-0.2, -0.15) is 0 Å². The lowest BCUT2D eigenvalue weighted by Gasteiger charge is -2.12. The van der Waals surface area contributed by atoms with Crippen molar-refractivity contribution in [2.45, 2.75) is 27.4 Å². The van der Waals surface area contributed by atoms with Crippen LogP contribution in [0.3, 0.4) is 0 Å². The highest BCUT2D eigenvalue weighted by Crippen LogP contribution is 2.24. The molecule has 4 heteroatoms. The summed E-state index contributed by atoms with van der Waals surface area (Å²) >= 11 is 0. The normalized spacial score (nSPS) is 9.90. The molecule has 4 nitrogen and oxygen atoms in total. The van der Waals surface area contributed by atoms with Gasteiger partial charge in [0, 0.05) is 16.8 Å². The Hall–Kier alpha value is -2.54. The average molecular weight is 268 g/mol. The Morgan fingerprint density at radius 1 is 1.10 bits per heavy atom. The molecule has 0 spiro atoms. The number of pyridine rings is 1. The molecule has 0 amide bonds. The van der Waals surface area contributed by atoms with Gasteiger partial charge < -0.3 is 9.47 Å². The third-order valence-corrected chi connectivity index (χ3v) is 3.07. The Labute approximate surface area is 118 Å². The Balaban J connectivity index is 2.23. The maximum absolute atomic E-state index is 8.68. The molecule has 1 aromatic heterocycles. The molecule has 0 radical (unpaired) electrons. The van der Waals surface area contributed by atoms with Gasteiger partial charge in [0.25, 0.3) is 6.26 Å². The van der Waals surface area contributed by atoms with E-state index in [0.717, 1.165) is 22.4 Å². The predicted octanol–water partition coefficient (Wildman–Crippen LogP) is 3.45. The van der Waals surface area contributed by atoms with Gasteiger partial charge in [0.05, 0.1) is 0 Å². The number of hydrogen-bond acceptors (Lipinski definition) is 4. The van der Waals surface area contributed by atoms with Gasteiger partial charge in [0.2, 0.25) is 5.88 Å². The molecule has 2 aromatic rings. The van der Waals surface area contributed by atoms with Gasteiger partial charge in [-0.05, 0) is 38.5 Å². The van der Waals surface area contributed by atoms with E-state index in [2.05, 4.69) is 4.98 Å². The molecular formula is C16H16N2O2. The fraction of sp³-hybridized carbons (Fsp3) is 0.250. The number of rotatable bonds is 4. The van der Waals surface area contributed by atoms with Gasteiger partial charge in [0.15, 0.2) is 0 Å². The molecule has 20 heavy (non-hydrogen) atoms. The van der Waals surface area contributed by atoms with Crippen LogP contribution in [0.4, 0.5) is 0 Å². The zero-order chi connectivity index (χ0) is 14.5. The van der Waals surface area contributed by atoms with E-state index in [1.165, 1.54) is 0 Å². The van der Waals surface area contributed by atoms with E-state index in [9.17, 15) is 0 Å². The number of nitrogens with zero attached hydrogens (tertiary/aromatic N) is 2. The molecule has 0 bridgehead atoms. The highest BCUT2D eigenvalue weighted by molar-refractivity contribution is 5.40. The molecule has 0 saturated heterocycles. The second kappa shape index (κ2) is 6.07. The second-order valence-electron chi connectivity index (χ2n) is 4.61. The largest absolute Gasteiger partial charge is 0.472 e. The van der Waals surface area contributed by atoms with Gasteiger partial charge in [-0.3, -0.25) is 0 Å². The van der Waals surface area contributed by atoms with Crippen molar-refractivity contribution in [1.82, 2.24) is 4.98 Å². The molecule has 0 aliphatic heterocycles. The lowest BCUT2D eigenvalue weighted by Crippen LogP contribution is -2.03. The van der Waals surface area contributed by atoms with Gasteiger partial charge in [0.1, 0.15) is 12.4 Å². The van der Waals surface area contributed by atoms with Crippen molar-refractivity contribution in [3.05, 3.63) is 52.7 Å². The van der Waals surface area contributed by atoms with E-state index < -0.39 is 0 Å². The van der Waals surface area contributed by atoms with Crippen LogP contribution in [0.2, 0.25) is 0 Å². The Morgan fingerprint density at radius 2 is 1.90 bits per heavy atom. The minimum Gasteiger partial charge on any atom is -0.472 e. The standard InChI is InChI=1S/C16H16N2O2/c1-11-5-4-6-15(20-10-17)14(11)9-19-16-12(2)7-8-13(3)18-16/h4-8H,9H2,1-3H3. The molecule has 0 aliphatic rings. The quantitative estimate of drug-likeness (QED) is 0.797. The molecule has 0 fully saturated rings. The summed E-state index contributed by atoms with van der Waals surface area (Å²) in [5, 5.41) is 8.68. The first-order valence-corrected chi connectivity index (χ1v) is 6.33. The van der Waals surface area contributed by atoms with Crippen LogP contribution in [-0.4, -0.2) is 4.98 Å². The van der Waals surface area contributed by atoms with E-state index in [1.54, 1.807) is 12.3 Å². The van der Waals surface area contributed by atoms with Crippen molar-refractivity contribution in [1.29, 1.82) is 5.26 Å². The van der Waals surface area contributed by atoms with Gasteiger partial charge >= 0.3 is 0 Å². The van der Waals surface area contributed by atoms with Crippen molar-refractivity contribution in [3.63, 3.8) is 0 Å². The summed E-state index contributed by atoms with van der Waals surface area (Å²) in [6, 6.07) is 9.48. The van der Waals surface area contributed by atoms with E-state index in [1.807, 2.05) is 45.0 Å². The SMILES string of the molecule is Cc1ccc(C)c(OCc2c(C)cccc2OC#N)n1. The second-order valence-corrected chi connectivity index (χ2v) is 4.61. The van der Waals surface area contributed by atoms with Crippen LogP contribution in [0.1, 0.15) is 22.4 Å². The Bertz CT molecular complexity index is 660. The van der Waals surface area contributed by atoms with Crippen molar-refractivity contribution in [3.8, 4) is 17.9 Å². The monoisotopic (exact) mass is 268 g/mol. The van der Waals surface area contributed by atoms with Gasteiger partial charge in [-0.25, -0.2) is 4.98 Å². The molecular weight excluding hydrogens is 252 g/mol. The molecule has 1 aromatic carbocycles. The summed E-state index contributed by atoms with van der Waals surface area (Å²) in [6.07, 6.45) is 1.70. The number of ether oxygens (including phenoxy) is 2. The van der Waals surface area contributed by atoms with Crippen LogP contribution in [0, 0.1) is 32.3 Å². The van der Waals surface area contributed by atoms with E-state index in [0.29, 0.717) is 18.2 Å². The highest BCUT2D eigenvalue weighted by Gasteiger charge is 2.10. The van der Waals surface area contributed by atoms with Gasteiger partial charge in [-0.15, -0.1) is 5.26 Å². The topological polar surface area (TPSA) is 55.1 Å². The van der Waals surface area contributed by atoms with Crippen LogP contribution < -0.4 is 9.47 Å². The number of nitriles is 1. The summed E-state index contributed by atoms with van der Waals surface area (Å²) < 4.78 is 10.7. The molecule has 0 aliphatic carbocycles. The average Bonchev–Trinajstić information content (AvgIpc) is 2.42. The Morgan fingerprint density at radius 3 is 2.65 bits per heavy atom. The van der Waals surface area contributed by atoms with Crippen molar-refractivity contribution in [2.75, 3.05) is 0 Å². The van der Waals surface area contributed by atoms with Crippen molar-refractivity contribution in [2.24, 2.45) is 0 Å². The minimum absolute atomic E-state index is 0.320. The van der Waals surface area contributed by atoms with E-state index >= 15 is 0 Å². The zero-order valence-corrected chi connectivity index (χ0v) is 11.8. The lowest BCUT2D eigenvalue weighted by molar-refractivity contribution is 0.285. The summed E-state index contributed by atoms with van der Waals surface area (Å²) in [5.41, 5.74) is 3.76. The third-order valence-electron chi connectivity index (χ3n) is 3.07. The fourth-order valence-electron chi connectivity index (χ4n) is 1.89. The van der Waals surface area contributed by atoms with Crippen molar-refractivity contribution >= 4 is 0 Å². The summed E-state index contributed by atoms with van der Waals surface area (Å²) in [7, 11) is 0. The number of aryl methyl sites for hydroxylation is 3. The molecule has 0 atom stereocenters. The smallest absolute Gasteiger partial charge is 0.292 e. The molecule has 0 saturated carbocycles. The molecule has 2 rings (SSSR count). The molecule has 0 unspecified atom stereocenters. The summed E-state index contributed by atoms with van der Waals surface area (Å²) in [6.45, 7) is 6.15. The highest BCUT2D eigenvalue weighted by atomic mass is 16.5. The maximum atomic E-state index is 8.68. The summed E-state index contributed by atoms with van der Waals surface area (Å²) in [4.78, 5) is 4.37. The third kappa shape index (κ3) is 3.07. The van der Waals surface area contributed by atoms with Crippen LogP contribution in [-0.2, 0) is 6.61 Å². The van der Waals surface area contributed by atoms with Crippen LogP contribution in [0.15, 0.2) is 30.3 Å². The van der Waals surface area contributed by atoms with E-state index in [4.69, 9.17) is 14.7 Å². The molecule has 102 valence electrons. The first-order valence-electron chi connectivity index (χ1n) is 6.33. The van der Waals surface area contributed by atoms with Gasteiger partial charge in [-0.1, -0.05) is 18.2 Å². The molecule has 1 heterocycles. The van der Waals surface area contributed by atoms with Crippen molar-refractivity contribution < 1.29 is 9.47 Å². The molecule has 0 N–H and O–H groups in total. The van der Waals surface area contributed by atoms with Crippen LogP contribution >= 0.6 is 0 Å². The number of hydrogen-bond donors (Lipinski definition) is 0. The minimum atomic E-state index is 0.320. The number of aromatic nitrogens is 1. The maximum Gasteiger partial charge on any atom is 0.292 e. The fourth-order valence-corrected chi connectivity index (χ4v) is 1.89. The first kappa shape index (κ1) is 13.9. The Kier molecular flexibility index (Phi) is 4.21. The number of benzene rings is 1. The van der Waals surface area contributed by atoms with Crippen LogP contribution in [0.25, 0.3) is 0 Å². The first-order chi connectivity index (χ1) is 9.61. The van der Waals surface area contributed by atoms with E-state index in [-0.39, 0.29) is 0 Å². The van der Waals surface area contributed by atoms with Crippen LogP contribution in [0.5, 0.6) is 11.6 Å². The summed E-state index contributed by atoms with van der Waals surface area (Å²) in [5.74, 6) is 1.13. The zero-order valence-electron chi connectivity index (χ0n) is 11.8.